The van der Waals surface area contributed by atoms with Crippen LogP contribution >= 0.6 is 0 Å². The van der Waals surface area contributed by atoms with Gasteiger partial charge in [0.1, 0.15) is 5.75 Å². The Labute approximate surface area is 117 Å². The third-order valence-corrected chi connectivity index (χ3v) is 3.23. The highest BCUT2D eigenvalue weighted by atomic mass is 19.3. The summed E-state index contributed by atoms with van der Waals surface area (Å²) < 4.78 is 28.3. The van der Waals surface area contributed by atoms with E-state index in [0.717, 1.165) is 6.42 Å². The molecule has 0 aliphatic heterocycles. The van der Waals surface area contributed by atoms with Crippen molar-refractivity contribution in [3.8, 4) is 5.75 Å². The maximum Gasteiger partial charge on any atom is 0.387 e. The third-order valence-electron chi connectivity index (χ3n) is 3.23. The number of nitrogens with one attached hydrogen (secondary N) is 1. The molecule has 112 valence electrons. The summed E-state index contributed by atoms with van der Waals surface area (Å²) in [7, 11) is 0. The zero-order valence-electron chi connectivity index (χ0n) is 11.7. The third kappa shape index (κ3) is 4.77. The Morgan fingerprint density at radius 2 is 2.00 bits per heavy atom. The molecule has 0 heterocycles. The van der Waals surface area contributed by atoms with Gasteiger partial charge in [0.2, 0.25) is 0 Å². The molecule has 1 aromatic carbocycles. The molecule has 4 nitrogen and oxygen atoms in total. The standard InChI is InChI=1S/C14H20F2N2O2/c1-3-14(2,8-9-17)18-12(19)10-4-6-11(7-5-10)20-13(15)16/h4-7,13H,3,8-9,17H2,1-2H3,(H,18,19). The summed E-state index contributed by atoms with van der Waals surface area (Å²) in [6, 6.07) is 5.58. The van der Waals surface area contributed by atoms with Crippen molar-refractivity contribution in [2.45, 2.75) is 38.8 Å². The Balaban J connectivity index is 2.72. The van der Waals surface area contributed by atoms with Crippen LogP contribution in [0.2, 0.25) is 0 Å². The van der Waals surface area contributed by atoms with E-state index >= 15 is 0 Å². The van der Waals surface area contributed by atoms with E-state index < -0.39 is 6.61 Å². The maximum absolute atomic E-state index is 12.1. The number of carbonyl (C=O) groups is 1. The van der Waals surface area contributed by atoms with Crippen molar-refractivity contribution in [3.05, 3.63) is 29.8 Å². The molecule has 0 bridgehead atoms. The van der Waals surface area contributed by atoms with Crippen molar-refractivity contribution in [2.24, 2.45) is 5.73 Å². The molecule has 0 fully saturated rings. The fourth-order valence-electron chi connectivity index (χ4n) is 1.78. The fraction of sp³-hybridized carbons (Fsp3) is 0.500. The van der Waals surface area contributed by atoms with Crippen LogP contribution in [0.4, 0.5) is 8.78 Å². The highest BCUT2D eigenvalue weighted by Crippen LogP contribution is 2.17. The highest BCUT2D eigenvalue weighted by Gasteiger charge is 2.23. The topological polar surface area (TPSA) is 64.3 Å². The Kier molecular flexibility index (Phi) is 5.88. The van der Waals surface area contributed by atoms with Crippen molar-refractivity contribution in [1.82, 2.24) is 5.32 Å². The molecule has 0 spiro atoms. The van der Waals surface area contributed by atoms with Crippen LogP contribution in [-0.4, -0.2) is 24.6 Å². The van der Waals surface area contributed by atoms with E-state index in [1.807, 2.05) is 13.8 Å². The van der Waals surface area contributed by atoms with Crippen molar-refractivity contribution < 1.29 is 18.3 Å². The molecule has 20 heavy (non-hydrogen) atoms. The molecule has 0 aliphatic carbocycles. The summed E-state index contributed by atoms with van der Waals surface area (Å²) in [5.74, 6) is -0.233. The van der Waals surface area contributed by atoms with E-state index in [1.54, 1.807) is 0 Å². The molecule has 0 saturated heterocycles. The predicted octanol–water partition coefficient (Wildman–Crippen LogP) is 2.54. The number of carbonyl (C=O) groups excluding carboxylic acids is 1. The van der Waals surface area contributed by atoms with E-state index in [9.17, 15) is 13.6 Å². The Morgan fingerprint density at radius 3 is 2.45 bits per heavy atom. The van der Waals surface area contributed by atoms with Crippen LogP contribution in [0.3, 0.4) is 0 Å². The number of ether oxygens (including phenoxy) is 1. The lowest BCUT2D eigenvalue weighted by Crippen LogP contribution is -2.46. The van der Waals surface area contributed by atoms with Crippen molar-refractivity contribution in [2.75, 3.05) is 6.54 Å². The number of amides is 1. The average molecular weight is 286 g/mol. The van der Waals surface area contributed by atoms with Crippen LogP contribution < -0.4 is 15.8 Å². The number of hydrogen-bond acceptors (Lipinski definition) is 3. The molecule has 1 amide bonds. The van der Waals surface area contributed by atoms with Gasteiger partial charge >= 0.3 is 6.61 Å². The van der Waals surface area contributed by atoms with E-state index in [1.165, 1.54) is 24.3 Å². The molecule has 3 N–H and O–H groups in total. The summed E-state index contributed by atoms with van der Waals surface area (Å²) in [5, 5.41) is 2.91. The summed E-state index contributed by atoms with van der Waals surface area (Å²) in [5.41, 5.74) is 5.55. The molecule has 1 rings (SSSR count). The van der Waals surface area contributed by atoms with E-state index in [2.05, 4.69) is 10.1 Å². The smallest absolute Gasteiger partial charge is 0.387 e. The molecule has 1 aromatic rings. The van der Waals surface area contributed by atoms with Gasteiger partial charge in [-0.05, 0) is 50.6 Å². The zero-order chi connectivity index (χ0) is 15.2. The molecule has 1 unspecified atom stereocenters. The van der Waals surface area contributed by atoms with Gasteiger partial charge in [-0.15, -0.1) is 0 Å². The zero-order valence-corrected chi connectivity index (χ0v) is 11.7. The van der Waals surface area contributed by atoms with Crippen molar-refractivity contribution >= 4 is 5.91 Å². The van der Waals surface area contributed by atoms with Crippen LogP contribution in [0.15, 0.2) is 24.3 Å². The SMILES string of the molecule is CCC(C)(CCN)NC(=O)c1ccc(OC(F)F)cc1. The van der Waals surface area contributed by atoms with Crippen LogP contribution in [0, 0.1) is 0 Å². The summed E-state index contributed by atoms with van der Waals surface area (Å²) in [6.45, 7) is 1.50. The lowest BCUT2D eigenvalue weighted by Gasteiger charge is -2.29. The maximum atomic E-state index is 12.1. The number of halogens is 2. The van der Waals surface area contributed by atoms with Gasteiger partial charge in [-0.2, -0.15) is 8.78 Å². The molecular formula is C14H20F2N2O2. The van der Waals surface area contributed by atoms with Crippen LogP contribution in [0.25, 0.3) is 0 Å². The summed E-state index contributed by atoms with van der Waals surface area (Å²) in [4.78, 5) is 12.1. The van der Waals surface area contributed by atoms with E-state index in [-0.39, 0.29) is 17.2 Å². The average Bonchev–Trinajstić information content (AvgIpc) is 2.39. The van der Waals surface area contributed by atoms with Gasteiger partial charge in [0, 0.05) is 11.1 Å². The molecule has 0 radical (unpaired) electrons. The molecule has 0 aromatic heterocycles. The van der Waals surface area contributed by atoms with Gasteiger partial charge in [0.15, 0.2) is 0 Å². The molecule has 6 heteroatoms. The van der Waals surface area contributed by atoms with Gasteiger partial charge in [0.05, 0.1) is 0 Å². The van der Waals surface area contributed by atoms with Crippen molar-refractivity contribution in [1.29, 1.82) is 0 Å². The lowest BCUT2D eigenvalue weighted by molar-refractivity contribution is -0.0498. The number of nitrogens with two attached hydrogens (primary N) is 1. The first kappa shape index (κ1) is 16.4. The highest BCUT2D eigenvalue weighted by molar-refractivity contribution is 5.94. The monoisotopic (exact) mass is 286 g/mol. The van der Waals surface area contributed by atoms with Crippen LogP contribution in [-0.2, 0) is 0 Å². The fourth-order valence-corrected chi connectivity index (χ4v) is 1.78. The second-order valence-corrected chi connectivity index (χ2v) is 4.81. The van der Waals surface area contributed by atoms with Crippen LogP contribution in [0.5, 0.6) is 5.75 Å². The van der Waals surface area contributed by atoms with Gasteiger partial charge in [0.25, 0.3) is 5.91 Å². The number of rotatable bonds is 7. The summed E-state index contributed by atoms with van der Waals surface area (Å²) >= 11 is 0. The number of hydrogen-bond donors (Lipinski definition) is 2. The van der Waals surface area contributed by atoms with Gasteiger partial charge in [-0.3, -0.25) is 4.79 Å². The first-order chi connectivity index (χ1) is 9.40. The first-order valence-electron chi connectivity index (χ1n) is 6.47. The minimum Gasteiger partial charge on any atom is -0.435 e. The molecule has 0 saturated carbocycles. The summed E-state index contributed by atoms with van der Waals surface area (Å²) in [6.07, 6.45) is 1.42. The first-order valence-corrected chi connectivity index (χ1v) is 6.47. The Morgan fingerprint density at radius 1 is 1.40 bits per heavy atom. The van der Waals surface area contributed by atoms with Crippen LogP contribution in [0.1, 0.15) is 37.0 Å². The quantitative estimate of drug-likeness (QED) is 0.809. The normalized spacial score (nSPS) is 13.9. The lowest BCUT2D eigenvalue weighted by atomic mass is 9.94. The number of alkyl halides is 2. The second-order valence-electron chi connectivity index (χ2n) is 4.81. The number of benzene rings is 1. The second kappa shape index (κ2) is 7.19. The van der Waals surface area contributed by atoms with E-state index in [0.29, 0.717) is 18.5 Å². The largest absolute Gasteiger partial charge is 0.435 e. The van der Waals surface area contributed by atoms with E-state index in [4.69, 9.17) is 5.73 Å². The van der Waals surface area contributed by atoms with Gasteiger partial charge < -0.3 is 15.8 Å². The minimum absolute atomic E-state index is 0.0248. The Bertz CT molecular complexity index is 437. The van der Waals surface area contributed by atoms with Crippen molar-refractivity contribution in [3.63, 3.8) is 0 Å². The molecule has 0 aliphatic rings. The Hall–Kier alpha value is -1.69. The molecular weight excluding hydrogens is 266 g/mol. The predicted molar refractivity (Wildman–Crippen MR) is 72.9 cm³/mol. The van der Waals surface area contributed by atoms with Gasteiger partial charge in [-0.1, -0.05) is 6.92 Å². The minimum atomic E-state index is -2.87. The molecule has 1 atom stereocenters. The van der Waals surface area contributed by atoms with Gasteiger partial charge in [-0.25, -0.2) is 0 Å².